The fourth-order valence-electron chi connectivity index (χ4n) is 10.4. The van der Waals surface area contributed by atoms with Crippen LogP contribution < -0.4 is 16.0 Å². The van der Waals surface area contributed by atoms with Gasteiger partial charge in [0.2, 0.25) is 17.7 Å². The molecule has 3 amide bonds. The molecule has 4 unspecified atom stereocenters. The van der Waals surface area contributed by atoms with Gasteiger partial charge in [-0.15, -0.1) is 5.10 Å². The molecule has 0 aliphatic rings. The van der Waals surface area contributed by atoms with Crippen molar-refractivity contribution in [2.45, 2.75) is 217 Å². The summed E-state index contributed by atoms with van der Waals surface area (Å²) in [5, 5.41) is 27.6. The van der Waals surface area contributed by atoms with E-state index in [0.717, 1.165) is 54.4 Å². The van der Waals surface area contributed by atoms with Gasteiger partial charge in [0.15, 0.2) is 10.9 Å². The normalized spacial score (nSPS) is 11.9. The van der Waals surface area contributed by atoms with Gasteiger partial charge in [-0.25, -0.2) is 19.6 Å². The molecule has 8 aromatic rings. The van der Waals surface area contributed by atoms with Crippen molar-refractivity contribution >= 4 is 140 Å². The summed E-state index contributed by atoms with van der Waals surface area (Å²) in [5.41, 5.74) is 5.44. The summed E-state index contributed by atoms with van der Waals surface area (Å²) in [5.74, 6) is -4.61. The highest BCUT2D eigenvalue weighted by Gasteiger charge is 2.26. The Balaban J connectivity index is 0.000000302. The number of Topliss-reactive ketones (excluding diaryl/α,β-unsaturated/α-hetero) is 1. The third kappa shape index (κ3) is 38.5. The number of nitrogens with zero attached hydrogens (tertiary/aromatic N) is 4. The van der Waals surface area contributed by atoms with Crippen molar-refractivity contribution in [1.82, 2.24) is 30.6 Å². The van der Waals surface area contributed by atoms with E-state index >= 15 is 0 Å². The summed E-state index contributed by atoms with van der Waals surface area (Å²) in [6.45, 7) is 14.5. The number of halogens is 5. The standard InChI is InChI=1S/C42H64Cl2N2O6.C17H16ClNO2.2C12H12ClN3O2S/c1-4-6-8-10-12-14-16-18-20-22-28-50-42(49)35-25-27-37(44)39(31-35)46-41(48)33(3)40(47)45-38-30-34(24-26-36(38)43)32-52-51-29-23-21-19-17-15-13-11-9-7-5-2;1-11-8-9-14(18)10-15(11)19-17(21)12(2)16(20)13-6-4-3-5-7-13;1-8(19-11-6-14-16-15-11)12(17)18-7-9-2-4-10(13)5-3-9;1-8(19-12-14-7-15-16-12)11(17)18-6-9-2-4-10(13)5-3-9/h24-27,30-31,33H,4-23,28-29,32H2,1-3H3,(H,45,47)(H,46,48);3-10,12H,1-2H3,(H,19,21);2-6,8H,7H2,1H3,(H,14,15,16);2-5,7-8H,6H2,1H3,(H,14,15,16). The number of rotatable bonds is 44. The number of H-pyrrole nitrogens is 2. The minimum atomic E-state index is -1.09. The second kappa shape index (κ2) is 54.8. The number of ether oxygens (including phenoxy) is 3. The molecule has 8 rings (SSSR count). The van der Waals surface area contributed by atoms with Crippen molar-refractivity contribution in [2.75, 3.05) is 29.2 Å². The molecule has 0 aliphatic heterocycles. The Hall–Kier alpha value is -7.84. The van der Waals surface area contributed by atoms with Crippen molar-refractivity contribution in [3.63, 3.8) is 0 Å². The maximum absolute atomic E-state index is 13.0. The van der Waals surface area contributed by atoms with Crippen LogP contribution in [0.1, 0.15) is 213 Å². The number of aromatic amines is 2. The number of ketones is 1. The van der Waals surface area contributed by atoms with Crippen LogP contribution in [0.4, 0.5) is 17.1 Å². The Morgan fingerprint density at radius 1 is 0.450 bits per heavy atom. The summed E-state index contributed by atoms with van der Waals surface area (Å²) in [6, 6.07) is 38.1. The second-order valence-electron chi connectivity index (χ2n) is 26.3. The maximum Gasteiger partial charge on any atom is 0.338 e. The lowest BCUT2D eigenvalue weighted by atomic mass is 9.98. The highest BCUT2D eigenvalue weighted by atomic mass is 35.5. The lowest BCUT2D eigenvalue weighted by molar-refractivity contribution is -0.304. The molecule has 21 nitrogen and oxygen atoms in total. The van der Waals surface area contributed by atoms with Crippen LogP contribution >= 0.6 is 81.5 Å². The van der Waals surface area contributed by atoms with Crippen LogP contribution in [0.5, 0.6) is 0 Å². The first-order chi connectivity index (χ1) is 53.5. The summed E-state index contributed by atoms with van der Waals surface area (Å²) < 4.78 is 15.9. The number of carbonyl (C=O) groups is 7. The van der Waals surface area contributed by atoms with E-state index in [0.29, 0.717) is 60.4 Å². The number of aromatic nitrogens is 6. The topological polar surface area (TPSA) is 285 Å². The van der Waals surface area contributed by atoms with Gasteiger partial charge in [-0.2, -0.15) is 15.4 Å². The Bertz CT molecular complexity index is 3940. The molecule has 6 aromatic carbocycles. The number of hydrogen-bond donors (Lipinski definition) is 5. The second-order valence-corrected chi connectivity index (χ2v) is 31.1. The van der Waals surface area contributed by atoms with Crippen LogP contribution in [-0.2, 0) is 67.8 Å². The summed E-state index contributed by atoms with van der Waals surface area (Å²) in [4.78, 5) is 101. The average molecular weight is 1660 g/mol. The predicted octanol–water partition coefficient (Wildman–Crippen LogP) is 22.1. The Morgan fingerprint density at radius 3 is 1.45 bits per heavy atom. The Morgan fingerprint density at radius 2 is 0.928 bits per heavy atom. The van der Waals surface area contributed by atoms with Crippen molar-refractivity contribution < 1.29 is 57.5 Å². The van der Waals surface area contributed by atoms with Crippen LogP contribution in [0.3, 0.4) is 0 Å². The number of benzene rings is 6. The minimum Gasteiger partial charge on any atom is -0.462 e. The molecule has 0 saturated heterocycles. The van der Waals surface area contributed by atoms with Gasteiger partial charge in [-0.3, -0.25) is 33.9 Å². The zero-order valence-corrected chi connectivity index (χ0v) is 69.7. The van der Waals surface area contributed by atoms with Gasteiger partial charge in [0.1, 0.15) is 47.6 Å². The number of thioether (sulfide) groups is 2. The van der Waals surface area contributed by atoms with Crippen LogP contribution in [0.25, 0.3) is 0 Å². The molecule has 2 aromatic heterocycles. The molecule has 600 valence electrons. The first-order valence-corrected chi connectivity index (χ1v) is 41.3. The van der Waals surface area contributed by atoms with Crippen LogP contribution in [-0.4, -0.2) is 95.7 Å². The Labute approximate surface area is 686 Å². The number of esters is 3. The number of amides is 3. The largest absolute Gasteiger partial charge is 0.462 e. The molecular formula is C83H104Cl5N9O12S2. The number of unbranched alkanes of at least 4 members (excludes halogenated alkanes) is 18. The number of nitrogens with one attached hydrogen (secondary N) is 5. The van der Waals surface area contributed by atoms with Crippen molar-refractivity contribution in [2.24, 2.45) is 11.8 Å². The SMILES string of the molecule is CC(Sc1cn[nH]n1)C(=O)OCc1ccc(Cl)cc1.CC(Sc1ncn[nH]1)C(=O)OCc1ccc(Cl)cc1.CCCCCCCCCCCCOOCc1ccc(Cl)c(NC(=O)C(C)C(=O)Nc2cc(C(=O)OCCCCCCCCCCCC)ccc2Cl)c1.Cc1ccc(Cl)cc1NC(=O)C(C)C(=O)c1ccccc1. The number of carbonyl (C=O) groups excluding carboxylic acids is 7. The molecule has 2 heterocycles. The summed E-state index contributed by atoms with van der Waals surface area (Å²) in [6.07, 6.45) is 27.4. The van der Waals surface area contributed by atoms with Gasteiger partial charge in [0.05, 0.1) is 52.3 Å². The van der Waals surface area contributed by atoms with E-state index in [1.165, 1.54) is 145 Å². The fourth-order valence-corrected chi connectivity index (χ4v) is 12.6. The van der Waals surface area contributed by atoms with E-state index in [1.54, 1.807) is 112 Å². The van der Waals surface area contributed by atoms with Crippen molar-refractivity contribution in [3.05, 3.63) is 204 Å². The lowest BCUT2D eigenvalue weighted by Crippen LogP contribution is -2.32. The van der Waals surface area contributed by atoms with Gasteiger partial charge in [-0.1, -0.05) is 278 Å². The maximum atomic E-state index is 13.0. The first-order valence-electron chi connectivity index (χ1n) is 37.7. The highest BCUT2D eigenvalue weighted by molar-refractivity contribution is 8.00. The molecule has 4 atom stereocenters. The monoisotopic (exact) mass is 1660 g/mol. The van der Waals surface area contributed by atoms with E-state index < -0.39 is 29.6 Å². The van der Waals surface area contributed by atoms with Crippen molar-refractivity contribution in [3.8, 4) is 0 Å². The van der Waals surface area contributed by atoms with Gasteiger partial charge in [0, 0.05) is 26.3 Å². The van der Waals surface area contributed by atoms with Gasteiger partial charge < -0.3 is 30.2 Å². The third-order valence-electron chi connectivity index (χ3n) is 17.1. The zero-order chi connectivity index (χ0) is 80.6. The Kier molecular flexibility index (Phi) is 46.3. The van der Waals surface area contributed by atoms with E-state index in [9.17, 15) is 33.6 Å². The van der Waals surface area contributed by atoms with E-state index in [-0.39, 0.29) is 70.2 Å². The molecule has 0 fully saturated rings. The number of hydrogen-bond acceptors (Lipinski definition) is 18. The van der Waals surface area contributed by atoms with Crippen LogP contribution in [0.2, 0.25) is 25.1 Å². The minimum absolute atomic E-state index is 0.185. The van der Waals surface area contributed by atoms with Gasteiger partial charge in [0.25, 0.3) is 0 Å². The van der Waals surface area contributed by atoms with E-state index in [1.807, 2.05) is 43.3 Å². The number of anilines is 3. The van der Waals surface area contributed by atoms with Gasteiger partial charge >= 0.3 is 17.9 Å². The van der Waals surface area contributed by atoms with Crippen molar-refractivity contribution in [1.29, 1.82) is 0 Å². The van der Waals surface area contributed by atoms with Crippen LogP contribution in [0, 0.1) is 18.8 Å². The molecule has 0 radical (unpaired) electrons. The zero-order valence-electron chi connectivity index (χ0n) is 64.2. The molecular weight excluding hydrogens is 1560 g/mol. The molecule has 5 N–H and O–H groups in total. The quantitative estimate of drug-likeness (QED) is 0.00347. The lowest BCUT2D eigenvalue weighted by Gasteiger charge is -2.15. The van der Waals surface area contributed by atoms with E-state index in [2.05, 4.69) is 60.4 Å². The first kappa shape index (κ1) is 93.8. The molecule has 28 heteroatoms. The molecule has 0 aliphatic carbocycles. The van der Waals surface area contributed by atoms with Crippen LogP contribution in [0.15, 0.2) is 156 Å². The molecule has 0 bridgehead atoms. The summed E-state index contributed by atoms with van der Waals surface area (Å²) in [7, 11) is 0. The molecule has 0 spiro atoms. The smallest absolute Gasteiger partial charge is 0.338 e. The summed E-state index contributed by atoms with van der Waals surface area (Å²) >= 11 is 32.7. The predicted molar refractivity (Wildman–Crippen MR) is 445 cm³/mol. The number of aryl methyl sites for hydroxylation is 1. The third-order valence-corrected chi connectivity index (χ3v) is 20.4. The highest BCUT2D eigenvalue weighted by Crippen LogP contribution is 2.29. The fraction of sp³-hybridized carbons (Fsp3) is 0.434. The molecule has 111 heavy (non-hydrogen) atoms. The molecule has 0 saturated carbocycles. The van der Waals surface area contributed by atoms with E-state index in [4.69, 9.17) is 82.0 Å². The van der Waals surface area contributed by atoms with Gasteiger partial charge in [-0.05, 0) is 136 Å². The average Bonchev–Trinajstić information content (AvgIpc) is 1.69.